The lowest BCUT2D eigenvalue weighted by atomic mass is 10.1. The Kier molecular flexibility index (Phi) is 8.11. The number of thioether (sulfide) groups is 1. The van der Waals surface area contributed by atoms with Gasteiger partial charge in [0.25, 0.3) is 0 Å². The highest BCUT2D eigenvalue weighted by Gasteiger charge is 2.16. The Balaban J connectivity index is 1.51. The van der Waals surface area contributed by atoms with Crippen molar-refractivity contribution in [2.24, 2.45) is 0 Å². The van der Waals surface area contributed by atoms with Gasteiger partial charge in [-0.05, 0) is 11.6 Å². The highest BCUT2D eigenvalue weighted by Crippen LogP contribution is 2.30. The zero-order valence-electron chi connectivity index (χ0n) is 20.0. The zero-order valence-corrected chi connectivity index (χ0v) is 20.8. The van der Waals surface area contributed by atoms with Crippen molar-refractivity contribution in [2.75, 3.05) is 38.4 Å². The average molecular weight is 493 g/mol. The summed E-state index contributed by atoms with van der Waals surface area (Å²) in [4.78, 5) is 14.6. The lowest BCUT2D eigenvalue weighted by Gasteiger charge is -2.13. The summed E-state index contributed by atoms with van der Waals surface area (Å²) in [5.41, 5.74) is 7.97. The first-order chi connectivity index (χ1) is 17.0. The maximum atomic E-state index is 6.20. The van der Waals surface area contributed by atoms with Crippen molar-refractivity contribution in [3.8, 4) is 16.9 Å². The SMILES string of the molecule is COCCn1c(COc2ccccc2-c2ccccc2)nnc1SCc1nc(N)nc(N(C)C)n1. The van der Waals surface area contributed by atoms with Crippen LogP contribution in [0.15, 0.2) is 59.8 Å². The van der Waals surface area contributed by atoms with Crippen LogP contribution in [0.1, 0.15) is 11.6 Å². The van der Waals surface area contributed by atoms with Gasteiger partial charge in [-0.25, -0.2) is 0 Å². The van der Waals surface area contributed by atoms with Crippen molar-refractivity contribution >= 4 is 23.7 Å². The Morgan fingerprint density at radius 3 is 2.51 bits per heavy atom. The predicted molar refractivity (Wildman–Crippen MR) is 136 cm³/mol. The van der Waals surface area contributed by atoms with Gasteiger partial charge in [0, 0.05) is 33.3 Å². The lowest BCUT2D eigenvalue weighted by Crippen LogP contribution is -2.16. The van der Waals surface area contributed by atoms with E-state index in [9.17, 15) is 0 Å². The van der Waals surface area contributed by atoms with E-state index in [-0.39, 0.29) is 12.6 Å². The molecular weight excluding hydrogens is 464 g/mol. The van der Waals surface area contributed by atoms with Crippen molar-refractivity contribution in [1.82, 2.24) is 29.7 Å². The first-order valence-corrected chi connectivity index (χ1v) is 12.0. The average Bonchev–Trinajstić information content (AvgIpc) is 3.26. The second kappa shape index (κ2) is 11.6. The molecule has 2 aromatic carbocycles. The van der Waals surface area contributed by atoms with Gasteiger partial charge in [-0.15, -0.1) is 10.2 Å². The molecule has 10 nitrogen and oxygen atoms in total. The van der Waals surface area contributed by atoms with Crippen LogP contribution in [0.5, 0.6) is 5.75 Å². The highest BCUT2D eigenvalue weighted by atomic mass is 32.2. The lowest BCUT2D eigenvalue weighted by molar-refractivity contribution is 0.181. The fourth-order valence-electron chi connectivity index (χ4n) is 3.35. The van der Waals surface area contributed by atoms with Gasteiger partial charge in [-0.2, -0.15) is 15.0 Å². The molecule has 0 unspecified atom stereocenters. The third kappa shape index (κ3) is 6.25. The number of hydrogen-bond donors (Lipinski definition) is 1. The molecule has 35 heavy (non-hydrogen) atoms. The number of para-hydroxylation sites is 1. The Morgan fingerprint density at radius 1 is 0.971 bits per heavy atom. The van der Waals surface area contributed by atoms with E-state index in [0.717, 1.165) is 22.0 Å². The minimum absolute atomic E-state index is 0.186. The number of hydrogen-bond acceptors (Lipinski definition) is 10. The molecule has 0 spiro atoms. The van der Waals surface area contributed by atoms with Crippen LogP contribution in [0.2, 0.25) is 0 Å². The second-order valence-corrected chi connectivity index (χ2v) is 8.73. The molecule has 4 aromatic rings. The minimum atomic E-state index is 0.186. The molecule has 2 N–H and O–H groups in total. The summed E-state index contributed by atoms with van der Waals surface area (Å²) in [6.07, 6.45) is 0. The zero-order chi connectivity index (χ0) is 24.6. The van der Waals surface area contributed by atoms with Crippen LogP contribution >= 0.6 is 11.8 Å². The molecule has 11 heteroatoms. The van der Waals surface area contributed by atoms with Gasteiger partial charge in [-0.1, -0.05) is 60.3 Å². The number of methoxy groups -OCH3 is 1. The molecular formula is C24H28N8O2S. The van der Waals surface area contributed by atoms with E-state index in [1.165, 1.54) is 11.8 Å². The van der Waals surface area contributed by atoms with Crippen LogP contribution < -0.4 is 15.4 Å². The summed E-state index contributed by atoms with van der Waals surface area (Å²) in [5.74, 6) is 3.23. The largest absolute Gasteiger partial charge is 0.485 e. The van der Waals surface area contributed by atoms with Crippen LogP contribution in [0.3, 0.4) is 0 Å². The Bertz CT molecular complexity index is 1250. The molecule has 0 amide bonds. The fourth-order valence-corrected chi connectivity index (χ4v) is 4.19. The van der Waals surface area contributed by atoms with Gasteiger partial charge in [0.05, 0.1) is 12.4 Å². The van der Waals surface area contributed by atoms with Crippen molar-refractivity contribution in [1.29, 1.82) is 0 Å². The van der Waals surface area contributed by atoms with E-state index in [1.807, 2.05) is 61.1 Å². The van der Waals surface area contributed by atoms with Crippen molar-refractivity contribution in [3.05, 3.63) is 66.2 Å². The molecule has 0 saturated carbocycles. The number of benzene rings is 2. The molecule has 0 aliphatic rings. The van der Waals surface area contributed by atoms with Crippen molar-refractivity contribution in [2.45, 2.75) is 24.1 Å². The topological polar surface area (TPSA) is 117 Å². The maximum Gasteiger partial charge on any atom is 0.229 e. The monoisotopic (exact) mass is 492 g/mol. The summed E-state index contributed by atoms with van der Waals surface area (Å²) in [7, 11) is 5.38. The van der Waals surface area contributed by atoms with Gasteiger partial charge in [-0.3, -0.25) is 0 Å². The standard InChI is InChI=1S/C24H28N8O2S/c1-31(2)23-27-20(26-22(25)28-23)16-35-24-30-29-21(32(24)13-14-33-3)15-34-19-12-8-7-11-18(19)17-9-5-4-6-10-17/h4-12H,13-16H2,1-3H3,(H2,25,26,27,28). The molecule has 0 atom stereocenters. The smallest absolute Gasteiger partial charge is 0.229 e. The Morgan fingerprint density at radius 2 is 1.74 bits per heavy atom. The molecule has 0 aliphatic carbocycles. The minimum Gasteiger partial charge on any atom is -0.485 e. The molecule has 0 radical (unpaired) electrons. The second-order valence-electron chi connectivity index (χ2n) is 7.79. The molecule has 0 aliphatic heterocycles. The van der Waals surface area contributed by atoms with Crippen LogP contribution in [0, 0.1) is 0 Å². The number of anilines is 2. The molecule has 0 bridgehead atoms. The summed E-state index contributed by atoms with van der Waals surface area (Å²) in [6.45, 7) is 1.38. The third-order valence-electron chi connectivity index (χ3n) is 5.06. The fraction of sp³-hybridized carbons (Fsp3) is 0.292. The molecule has 0 fully saturated rings. The molecule has 0 saturated heterocycles. The molecule has 182 valence electrons. The number of nitrogens with zero attached hydrogens (tertiary/aromatic N) is 7. The molecule has 4 rings (SSSR count). The third-order valence-corrected chi connectivity index (χ3v) is 6.02. The van der Waals surface area contributed by atoms with Crippen molar-refractivity contribution < 1.29 is 9.47 Å². The van der Waals surface area contributed by atoms with Crippen LogP contribution in [0.4, 0.5) is 11.9 Å². The van der Waals surface area contributed by atoms with E-state index in [0.29, 0.717) is 36.5 Å². The Labute approximate surface area is 208 Å². The van der Waals surface area contributed by atoms with Gasteiger partial charge < -0.3 is 24.7 Å². The van der Waals surface area contributed by atoms with E-state index >= 15 is 0 Å². The summed E-state index contributed by atoms with van der Waals surface area (Å²) in [6, 6.07) is 18.1. The van der Waals surface area contributed by atoms with E-state index in [1.54, 1.807) is 12.0 Å². The van der Waals surface area contributed by atoms with Crippen LogP contribution in [0.25, 0.3) is 11.1 Å². The first-order valence-electron chi connectivity index (χ1n) is 11.0. The van der Waals surface area contributed by atoms with E-state index < -0.39 is 0 Å². The Hall–Kier alpha value is -3.70. The quantitative estimate of drug-likeness (QED) is 0.313. The maximum absolute atomic E-state index is 6.20. The number of nitrogens with two attached hydrogens (primary N) is 1. The molecule has 2 aromatic heterocycles. The van der Waals surface area contributed by atoms with Crippen molar-refractivity contribution in [3.63, 3.8) is 0 Å². The van der Waals surface area contributed by atoms with Gasteiger partial charge in [0.2, 0.25) is 11.9 Å². The summed E-state index contributed by atoms with van der Waals surface area (Å²) < 4.78 is 13.5. The number of rotatable bonds is 11. The normalized spacial score (nSPS) is 10.9. The number of aromatic nitrogens is 6. The molecule has 2 heterocycles. The predicted octanol–water partition coefficient (Wildman–Crippen LogP) is 3.30. The number of ether oxygens (including phenoxy) is 2. The summed E-state index contributed by atoms with van der Waals surface area (Å²) >= 11 is 1.47. The van der Waals surface area contributed by atoms with Crippen LogP contribution in [-0.2, 0) is 23.6 Å². The van der Waals surface area contributed by atoms with Gasteiger partial charge in [0.1, 0.15) is 18.2 Å². The number of nitrogen functional groups attached to an aromatic ring is 1. The van der Waals surface area contributed by atoms with Gasteiger partial charge in [0.15, 0.2) is 11.0 Å². The first kappa shape index (κ1) is 24.4. The highest BCUT2D eigenvalue weighted by molar-refractivity contribution is 7.98. The van der Waals surface area contributed by atoms with Crippen LogP contribution in [-0.4, -0.2) is 57.5 Å². The van der Waals surface area contributed by atoms with E-state index in [4.69, 9.17) is 15.2 Å². The summed E-state index contributed by atoms with van der Waals surface area (Å²) in [5, 5.41) is 9.50. The van der Waals surface area contributed by atoms with E-state index in [2.05, 4.69) is 37.3 Å². The van der Waals surface area contributed by atoms with Gasteiger partial charge >= 0.3 is 0 Å².